The maximum absolute atomic E-state index is 12.7. The van der Waals surface area contributed by atoms with Gasteiger partial charge in [0.05, 0.1) is 6.04 Å². The molecule has 0 aromatic carbocycles. The second-order valence-corrected chi connectivity index (χ2v) is 7.73. The smallest absolute Gasteiger partial charge is 0.327 e. The van der Waals surface area contributed by atoms with Crippen LogP contribution < -0.4 is 5.56 Å². The molecular weight excluding hydrogens is 384 g/mol. The number of carbonyl (C=O) groups excluding carboxylic acids is 3. The summed E-state index contributed by atoms with van der Waals surface area (Å²) in [7, 11) is 0. The highest BCUT2D eigenvalue weighted by Crippen LogP contribution is 2.23. The van der Waals surface area contributed by atoms with Crippen LogP contribution in [0.2, 0.25) is 0 Å². The summed E-state index contributed by atoms with van der Waals surface area (Å²) >= 11 is 1.34. The first kappa shape index (κ1) is 18.5. The van der Waals surface area contributed by atoms with Gasteiger partial charge in [-0.2, -0.15) is 0 Å². The lowest BCUT2D eigenvalue weighted by atomic mass is 10.1. The number of piperazine rings is 1. The van der Waals surface area contributed by atoms with E-state index in [0.717, 1.165) is 4.90 Å². The van der Waals surface area contributed by atoms with Gasteiger partial charge in [0.1, 0.15) is 10.2 Å². The van der Waals surface area contributed by atoms with E-state index >= 15 is 0 Å². The number of likely N-dealkylation sites (N-methyl/N-ethyl adjacent to an activating group) is 1. The fourth-order valence-corrected chi connectivity index (χ4v) is 4.41. The number of urea groups is 1. The Morgan fingerprint density at radius 2 is 1.89 bits per heavy atom. The van der Waals surface area contributed by atoms with Crippen LogP contribution in [0.4, 0.5) is 4.79 Å². The molecule has 0 unspecified atom stereocenters. The Morgan fingerprint density at radius 3 is 2.61 bits per heavy atom. The lowest BCUT2D eigenvalue weighted by Gasteiger charge is -2.37. The zero-order valence-corrected chi connectivity index (χ0v) is 16.2. The molecule has 0 spiro atoms. The Bertz CT molecular complexity index is 993. The van der Waals surface area contributed by atoms with Crippen LogP contribution in [0.3, 0.4) is 0 Å². The van der Waals surface area contributed by atoms with E-state index in [1.165, 1.54) is 20.9 Å². The molecule has 4 amide bonds. The number of piperidine rings is 1. The summed E-state index contributed by atoms with van der Waals surface area (Å²) in [5, 5.41) is 9.94. The largest absolute Gasteiger partial charge is 0.333 e. The van der Waals surface area contributed by atoms with Gasteiger partial charge < -0.3 is 9.80 Å². The minimum Gasteiger partial charge on any atom is -0.333 e. The average molecular weight is 404 g/mol. The molecule has 0 bridgehead atoms. The molecule has 0 radical (unpaired) electrons. The van der Waals surface area contributed by atoms with E-state index in [1.807, 2.05) is 5.38 Å². The third-order valence-electron chi connectivity index (χ3n) is 5.30. The summed E-state index contributed by atoms with van der Waals surface area (Å²) in [6, 6.07) is 1.17. The Kier molecular flexibility index (Phi) is 4.84. The van der Waals surface area contributed by atoms with E-state index in [-0.39, 0.29) is 18.1 Å². The molecule has 2 aliphatic heterocycles. The van der Waals surface area contributed by atoms with E-state index < -0.39 is 17.8 Å². The predicted molar refractivity (Wildman–Crippen MR) is 101 cm³/mol. The Balaban J connectivity index is 1.43. The minimum absolute atomic E-state index is 0.148. The molecule has 0 atom stereocenters. The van der Waals surface area contributed by atoms with E-state index in [1.54, 1.807) is 17.9 Å². The molecule has 2 aromatic heterocycles. The summed E-state index contributed by atoms with van der Waals surface area (Å²) in [6.45, 7) is 3.57. The van der Waals surface area contributed by atoms with Crippen molar-refractivity contribution < 1.29 is 14.4 Å². The van der Waals surface area contributed by atoms with Gasteiger partial charge in [-0.1, -0.05) is 5.21 Å². The van der Waals surface area contributed by atoms with Crippen LogP contribution in [-0.4, -0.2) is 80.3 Å². The van der Waals surface area contributed by atoms with Crippen molar-refractivity contribution in [3.8, 4) is 0 Å². The number of amides is 4. The third kappa shape index (κ3) is 3.05. The van der Waals surface area contributed by atoms with Crippen molar-refractivity contribution in [1.82, 2.24) is 29.7 Å². The fraction of sp³-hybridized carbons (Fsp3) is 0.529. The molecule has 0 saturated carbocycles. The molecule has 2 aromatic rings. The SMILES string of the molecule is CCN1CCN(C(=O)N2CCC(n3nnc4ccsc4c3=O)CC2)C(=O)C1=O. The van der Waals surface area contributed by atoms with Crippen LogP contribution in [0, 0.1) is 0 Å². The van der Waals surface area contributed by atoms with E-state index in [2.05, 4.69) is 10.3 Å². The number of hydrogen-bond acceptors (Lipinski definition) is 7. The van der Waals surface area contributed by atoms with E-state index in [9.17, 15) is 19.2 Å². The Morgan fingerprint density at radius 1 is 1.14 bits per heavy atom. The maximum Gasteiger partial charge on any atom is 0.327 e. The zero-order valence-electron chi connectivity index (χ0n) is 15.4. The second-order valence-electron chi connectivity index (χ2n) is 6.82. The molecule has 0 N–H and O–H groups in total. The third-order valence-corrected chi connectivity index (χ3v) is 6.19. The number of nitrogens with zero attached hydrogens (tertiary/aromatic N) is 6. The van der Waals surface area contributed by atoms with Crippen LogP contribution in [-0.2, 0) is 9.59 Å². The molecule has 11 heteroatoms. The summed E-state index contributed by atoms with van der Waals surface area (Å²) in [4.78, 5) is 53.6. The van der Waals surface area contributed by atoms with Gasteiger partial charge in [0.15, 0.2) is 0 Å². The zero-order chi connectivity index (χ0) is 19.8. The van der Waals surface area contributed by atoms with Crippen molar-refractivity contribution in [3.63, 3.8) is 0 Å². The highest BCUT2D eigenvalue weighted by molar-refractivity contribution is 7.17. The van der Waals surface area contributed by atoms with Gasteiger partial charge in [0, 0.05) is 32.7 Å². The fourth-order valence-electron chi connectivity index (χ4n) is 3.65. The molecule has 0 aliphatic carbocycles. The number of hydrogen-bond donors (Lipinski definition) is 0. The van der Waals surface area contributed by atoms with Gasteiger partial charge in [-0.3, -0.25) is 19.3 Å². The highest BCUT2D eigenvalue weighted by atomic mass is 32.1. The van der Waals surface area contributed by atoms with Crippen LogP contribution >= 0.6 is 11.3 Å². The summed E-state index contributed by atoms with van der Waals surface area (Å²) < 4.78 is 1.97. The molecule has 28 heavy (non-hydrogen) atoms. The van der Waals surface area contributed by atoms with Crippen LogP contribution in [0.25, 0.3) is 10.2 Å². The van der Waals surface area contributed by atoms with Gasteiger partial charge in [-0.05, 0) is 31.2 Å². The van der Waals surface area contributed by atoms with Crippen LogP contribution in [0.5, 0.6) is 0 Å². The number of rotatable bonds is 2. The summed E-state index contributed by atoms with van der Waals surface area (Å²) in [6.07, 6.45) is 1.07. The van der Waals surface area contributed by atoms with Gasteiger partial charge in [-0.15, -0.1) is 16.4 Å². The molecule has 2 aliphatic rings. The first-order chi connectivity index (χ1) is 13.5. The molecule has 2 saturated heterocycles. The van der Waals surface area contributed by atoms with Gasteiger partial charge in [0.2, 0.25) is 0 Å². The highest BCUT2D eigenvalue weighted by Gasteiger charge is 2.38. The van der Waals surface area contributed by atoms with Crippen molar-refractivity contribution in [2.45, 2.75) is 25.8 Å². The van der Waals surface area contributed by atoms with Crippen molar-refractivity contribution >= 4 is 39.4 Å². The van der Waals surface area contributed by atoms with Gasteiger partial charge in [-0.25, -0.2) is 9.48 Å². The number of aromatic nitrogens is 3. The number of thiophene rings is 1. The maximum atomic E-state index is 12.7. The van der Waals surface area contributed by atoms with Crippen molar-refractivity contribution in [2.75, 3.05) is 32.7 Å². The predicted octanol–water partition coefficient (Wildman–Crippen LogP) is 0.301. The normalized spacial score (nSPS) is 19.0. The summed E-state index contributed by atoms with van der Waals surface area (Å²) in [5.74, 6) is -1.41. The lowest BCUT2D eigenvalue weighted by Crippen LogP contribution is -2.59. The van der Waals surface area contributed by atoms with E-state index in [0.29, 0.717) is 49.2 Å². The quantitative estimate of drug-likeness (QED) is 0.666. The molecule has 2 fully saturated rings. The molecule has 148 valence electrons. The Hall–Kier alpha value is -2.82. The topological polar surface area (TPSA) is 109 Å². The lowest BCUT2D eigenvalue weighted by molar-refractivity contribution is -0.153. The first-order valence-electron chi connectivity index (χ1n) is 9.23. The van der Waals surface area contributed by atoms with Crippen molar-refractivity contribution in [2.24, 2.45) is 0 Å². The van der Waals surface area contributed by atoms with Crippen molar-refractivity contribution in [1.29, 1.82) is 0 Å². The number of likely N-dealkylation sites (tertiary alicyclic amines) is 1. The van der Waals surface area contributed by atoms with Crippen LogP contribution in [0.15, 0.2) is 16.2 Å². The van der Waals surface area contributed by atoms with Gasteiger partial charge in [0.25, 0.3) is 5.56 Å². The molecule has 10 nitrogen and oxygen atoms in total. The summed E-state index contributed by atoms with van der Waals surface area (Å²) in [5.41, 5.74) is 0.425. The average Bonchev–Trinajstić information content (AvgIpc) is 3.20. The number of imide groups is 1. The van der Waals surface area contributed by atoms with E-state index in [4.69, 9.17) is 0 Å². The van der Waals surface area contributed by atoms with Gasteiger partial charge >= 0.3 is 17.8 Å². The monoisotopic (exact) mass is 404 g/mol. The minimum atomic E-state index is -0.773. The standard InChI is InChI=1S/C17H20N6O4S/c1-2-20-8-9-22(16(26)15(20)25)17(27)21-6-3-11(4-7-21)23-14(24)13-12(18-19-23)5-10-28-13/h5,10-11H,2-4,6-9H2,1H3. The first-order valence-corrected chi connectivity index (χ1v) is 10.1. The second kappa shape index (κ2) is 7.30. The molecular formula is C17H20N6O4S. The van der Waals surface area contributed by atoms with Crippen molar-refractivity contribution in [3.05, 3.63) is 21.8 Å². The number of fused-ring (bicyclic) bond motifs is 1. The Labute approximate surface area is 164 Å². The molecule has 4 rings (SSSR count). The molecule has 4 heterocycles. The van der Waals surface area contributed by atoms with Crippen LogP contribution in [0.1, 0.15) is 25.8 Å². The number of carbonyl (C=O) groups is 3.